The van der Waals surface area contributed by atoms with Crippen LogP contribution in [0.5, 0.6) is 0 Å². The molecule has 2 aliphatic carbocycles. The van der Waals surface area contributed by atoms with Crippen molar-refractivity contribution in [3.05, 3.63) is 197 Å². The van der Waals surface area contributed by atoms with Crippen LogP contribution in [0.3, 0.4) is 0 Å². The average Bonchev–Trinajstić information content (AvgIpc) is 3.73. The van der Waals surface area contributed by atoms with Gasteiger partial charge in [-0.1, -0.05) is 143 Å². The van der Waals surface area contributed by atoms with Gasteiger partial charge in [-0.2, -0.15) is 0 Å². The maximum atomic E-state index is 11.7. The number of anilines is 3. The van der Waals surface area contributed by atoms with Gasteiger partial charge in [-0.3, -0.25) is 4.79 Å². The second-order valence-corrected chi connectivity index (χ2v) is 16.3. The van der Waals surface area contributed by atoms with Crippen molar-refractivity contribution in [2.75, 3.05) is 4.90 Å². The molecule has 0 fully saturated rings. The second-order valence-electron chi connectivity index (χ2n) is 16.3. The van der Waals surface area contributed by atoms with Gasteiger partial charge in [-0.25, -0.2) is 0 Å². The molecule has 10 rings (SSSR count). The van der Waals surface area contributed by atoms with Gasteiger partial charge in [0.15, 0.2) is 0 Å². The molecule has 1 heterocycles. The Balaban J connectivity index is 0.00000221. The van der Waals surface area contributed by atoms with Crippen LogP contribution >= 0.6 is 0 Å². The van der Waals surface area contributed by atoms with Crippen LogP contribution in [0.25, 0.3) is 56.0 Å². The lowest BCUT2D eigenvalue weighted by atomic mass is 9.82. The smallest absolute Gasteiger partial charge is 0.150 e. The van der Waals surface area contributed by atoms with E-state index in [2.05, 4.69) is 195 Å². The van der Waals surface area contributed by atoms with Gasteiger partial charge in [0.25, 0.3) is 0 Å². The van der Waals surface area contributed by atoms with Crippen LogP contribution < -0.4 is 4.90 Å². The molecule has 7 aromatic carbocycles. The fourth-order valence-electron chi connectivity index (χ4n) is 9.30. The average molecular weight is 767 g/mol. The van der Waals surface area contributed by atoms with Crippen LogP contribution in [0.2, 0.25) is 0 Å². The van der Waals surface area contributed by atoms with Crippen molar-refractivity contribution in [3.8, 4) is 39.1 Å². The summed E-state index contributed by atoms with van der Waals surface area (Å²) in [6, 6.07) is 57.2. The van der Waals surface area contributed by atoms with Crippen LogP contribution in [0.1, 0.15) is 85.3 Å². The molecule has 0 spiro atoms. The lowest BCUT2D eigenvalue weighted by molar-refractivity contribution is 0.112. The molecule has 0 amide bonds. The molecule has 0 saturated heterocycles. The number of hydrogen-bond acceptors (Lipinski definition) is 2. The molecule has 0 aliphatic heterocycles. The standard InChI is InChI=1S/C54H44N2O.C2H6/c1-35-13-21-44(22-14-35)56-52-30-20-41(32-49(52)47-12-8-9-36(2)53(47)56)40-18-25-43(26-19-40)55(42-23-16-39(17-24-42)38-10-6-5-7-11-38)45-27-28-46-48-31-37(34-57)15-29-50(48)54(3,4)51(46)33-45;1-2/h5-8,10-34,36H,9H2,1-4H3;1-2H3. The summed E-state index contributed by atoms with van der Waals surface area (Å²) < 4.78 is 2.48. The Hall–Kier alpha value is -6.71. The normalized spacial score (nSPS) is 14.5. The van der Waals surface area contributed by atoms with Gasteiger partial charge in [0.1, 0.15) is 6.29 Å². The summed E-state index contributed by atoms with van der Waals surface area (Å²) in [7, 11) is 0. The number of fused-ring (bicyclic) bond motifs is 6. The van der Waals surface area contributed by atoms with E-state index in [4.69, 9.17) is 0 Å². The number of nitrogens with zero attached hydrogens (tertiary/aromatic N) is 2. The van der Waals surface area contributed by atoms with E-state index in [1.165, 1.54) is 72.4 Å². The van der Waals surface area contributed by atoms with Crippen molar-refractivity contribution in [2.24, 2.45) is 0 Å². The molecule has 1 unspecified atom stereocenters. The molecular formula is C56H50N2O. The molecule has 2 aliphatic rings. The summed E-state index contributed by atoms with van der Waals surface area (Å²) in [5.41, 5.74) is 19.8. The Morgan fingerprint density at radius 1 is 0.627 bits per heavy atom. The second kappa shape index (κ2) is 15.2. The summed E-state index contributed by atoms with van der Waals surface area (Å²) in [5.74, 6) is 0.432. The first-order valence-electron chi connectivity index (χ1n) is 21.0. The minimum atomic E-state index is -0.210. The van der Waals surface area contributed by atoms with Crippen molar-refractivity contribution < 1.29 is 4.79 Å². The summed E-state index contributed by atoms with van der Waals surface area (Å²) in [5, 5.41) is 1.29. The van der Waals surface area contributed by atoms with Gasteiger partial charge in [0, 0.05) is 56.3 Å². The quantitative estimate of drug-likeness (QED) is 0.151. The molecule has 0 radical (unpaired) electrons. The molecule has 290 valence electrons. The number of carbonyl (C=O) groups is 1. The van der Waals surface area contributed by atoms with E-state index in [0.29, 0.717) is 11.5 Å². The lowest BCUT2D eigenvalue weighted by Gasteiger charge is -2.28. The van der Waals surface area contributed by atoms with Gasteiger partial charge in [0.2, 0.25) is 0 Å². The van der Waals surface area contributed by atoms with E-state index < -0.39 is 0 Å². The van der Waals surface area contributed by atoms with Crippen molar-refractivity contribution in [1.29, 1.82) is 0 Å². The van der Waals surface area contributed by atoms with E-state index in [0.717, 1.165) is 35.3 Å². The zero-order valence-electron chi connectivity index (χ0n) is 34.8. The first-order valence-corrected chi connectivity index (χ1v) is 21.0. The molecular weight excluding hydrogens is 717 g/mol. The molecule has 0 saturated carbocycles. The first kappa shape index (κ1) is 37.8. The fourth-order valence-corrected chi connectivity index (χ4v) is 9.30. The number of aromatic nitrogens is 1. The molecule has 1 aromatic heterocycles. The van der Waals surface area contributed by atoms with Crippen LogP contribution in [-0.4, -0.2) is 10.9 Å². The van der Waals surface area contributed by atoms with E-state index >= 15 is 0 Å². The van der Waals surface area contributed by atoms with E-state index in [1.54, 1.807) is 0 Å². The summed E-state index contributed by atoms with van der Waals surface area (Å²) in [6.45, 7) is 13.1. The highest BCUT2D eigenvalue weighted by Gasteiger charge is 2.36. The molecule has 3 heteroatoms. The van der Waals surface area contributed by atoms with Crippen LogP contribution in [-0.2, 0) is 5.41 Å². The van der Waals surface area contributed by atoms with Crippen molar-refractivity contribution >= 4 is 40.3 Å². The highest BCUT2D eigenvalue weighted by atomic mass is 16.1. The largest absolute Gasteiger partial charge is 0.313 e. The van der Waals surface area contributed by atoms with E-state index in [1.807, 2.05) is 26.0 Å². The molecule has 1 atom stereocenters. The molecule has 8 aromatic rings. The van der Waals surface area contributed by atoms with Crippen molar-refractivity contribution in [3.63, 3.8) is 0 Å². The number of aryl methyl sites for hydroxylation is 1. The number of carbonyl (C=O) groups excluding carboxylic acids is 1. The fraction of sp³-hybridized carbons (Fsp3) is 0.161. The maximum absolute atomic E-state index is 11.7. The predicted octanol–water partition coefficient (Wildman–Crippen LogP) is 15.4. The third kappa shape index (κ3) is 6.52. The summed E-state index contributed by atoms with van der Waals surface area (Å²) in [4.78, 5) is 14.1. The lowest BCUT2D eigenvalue weighted by Crippen LogP contribution is -2.16. The van der Waals surface area contributed by atoms with Gasteiger partial charge in [-0.15, -0.1) is 0 Å². The number of rotatable bonds is 7. The zero-order chi connectivity index (χ0) is 40.8. The Bertz CT molecular complexity index is 2860. The third-order valence-electron chi connectivity index (χ3n) is 12.3. The zero-order valence-corrected chi connectivity index (χ0v) is 34.8. The SMILES string of the molecule is CC.Cc1ccc(-n2c3c(c4cc(-c5ccc(N(c6ccc(-c7ccccc7)cc6)c6ccc7c(c6)C(C)(C)c6ccc(C=O)cc6-7)cc5)ccc42)C=CCC3C)cc1. The van der Waals surface area contributed by atoms with Crippen LogP contribution in [0, 0.1) is 6.92 Å². The maximum Gasteiger partial charge on any atom is 0.150 e. The number of aldehydes is 1. The predicted molar refractivity (Wildman–Crippen MR) is 250 cm³/mol. The highest BCUT2D eigenvalue weighted by molar-refractivity contribution is 5.97. The minimum absolute atomic E-state index is 0.210. The van der Waals surface area contributed by atoms with Crippen LogP contribution in [0.4, 0.5) is 17.1 Å². The van der Waals surface area contributed by atoms with Gasteiger partial charge in [0.05, 0.1) is 5.52 Å². The summed E-state index contributed by atoms with van der Waals surface area (Å²) >= 11 is 0. The van der Waals surface area contributed by atoms with Gasteiger partial charge < -0.3 is 9.47 Å². The topological polar surface area (TPSA) is 25.2 Å². The van der Waals surface area contributed by atoms with E-state index in [-0.39, 0.29) is 5.41 Å². The van der Waals surface area contributed by atoms with Gasteiger partial charge in [-0.05, 0) is 125 Å². The third-order valence-corrected chi connectivity index (χ3v) is 12.3. The number of benzene rings is 7. The van der Waals surface area contributed by atoms with Crippen molar-refractivity contribution in [1.82, 2.24) is 4.57 Å². The summed E-state index contributed by atoms with van der Waals surface area (Å²) in [6.07, 6.45) is 6.64. The molecule has 0 N–H and O–H groups in total. The number of hydrogen-bond donors (Lipinski definition) is 0. The Morgan fingerprint density at radius 2 is 1.25 bits per heavy atom. The Labute approximate surface area is 348 Å². The van der Waals surface area contributed by atoms with Crippen molar-refractivity contribution in [2.45, 2.75) is 59.3 Å². The van der Waals surface area contributed by atoms with Crippen LogP contribution in [0.15, 0.2) is 164 Å². The first-order chi connectivity index (χ1) is 28.8. The number of allylic oxidation sites excluding steroid dienone is 1. The Kier molecular flexibility index (Phi) is 9.77. The van der Waals surface area contributed by atoms with E-state index in [9.17, 15) is 4.79 Å². The molecule has 0 bridgehead atoms. The van der Waals surface area contributed by atoms with Gasteiger partial charge >= 0.3 is 0 Å². The monoisotopic (exact) mass is 766 g/mol. The molecule has 3 nitrogen and oxygen atoms in total. The Morgan fingerprint density at radius 3 is 1.93 bits per heavy atom. The minimum Gasteiger partial charge on any atom is -0.313 e. The molecule has 59 heavy (non-hydrogen) atoms. The highest BCUT2D eigenvalue weighted by Crippen LogP contribution is 2.51.